The van der Waals surface area contributed by atoms with Crippen molar-refractivity contribution in [2.45, 2.75) is 25.8 Å². The zero-order valence-electron chi connectivity index (χ0n) is 9.81. The van der Waals surface area contributed by atoms with E-state index < -0.39 is 0 Å². The van der Waals surface area contributed by atoms with Crippen LogP contribution in [0, 0.1) is 6.92 Å². The first-order valence-corrected chi connectivity index (χ1v) is 6.83. The van der Waals surface area contributed by atoms with Crippen LogP contribution in [0.2, 0.25) is 0 Å². The fourth-order valence-corrected chi connectivity index (χ4v) is 3.13. The molecular weight excluding hydrogens is 230 g/mol. The third kappa shape index (κ3) is 2.10. The van der Waals surface area contributed by atoms with Crippen LogP contribution in [0.1, 0.15) is 30.1 Å². The van der Waals surface area contributed by atoms with Gasteiger partial charge in [-0.3, -0.25) is 4.98 Å². The summed E-state index contributed by atoms with van der Waals surface area (Å²) in [6, 6.07) is 4.49. The fraction of sp³-hybridized carbons (Fsp3) is 0.385. The first kappa shape index (κ1) is 10.9. The van der Waals surface area contributed by atoms with E-state index in [1.54, 1.807) is 11.3 Å². The van der Waals surface area contributed by atoms with E-state index in [0.29, 0.717) is 6.04 Å². The van der Waals surface area contributed by atoms with Crippen LogP contribution >= 0.6 is 11.3 Å². The number of rotatable bonds is 2. The molecule has 1 atom stereocenters. The largest absolute Gasteiger partial charge is 0.309 e. The molecule has 0 bridgehead atoms. The van der Waals surface area contributed by atoms with E-state index in [1.165, 1.54) is 24.1 Å². The smallest absolute Gasteiger partial charge is 0.142 e. The van der Waals surface area contributed by atoms with Crippen molar-refractivity contribution in [3.63, 3.8) is 0 Å². The normalized spacial score (nSPS) is 19.7. The summed E-state index contributed by atoms with van der Waals surface area (Å²) < 4.78 is 0. The Balaban J connectivity index is 1.92. The fourth-order valence-electron chi connectivity index (χ4n) is 2.20. The SMILES string of the molecule is Cc1cccnc1-c1nc(C2CCCN2)cs1. The van der Waals surface area contributed by atoms with Gasteiger partial charge in [-0.2, -0.15) is 0 Å². The lowest BCUT2D eigenvalue weighted by atomic mass is 10.2. The van der Waals surface area contributed by atoms with Crippen LogP contribution in [0.5, 0.6) is 0 Å². The number of nitrogens with one attached hydrogen (secondary N) is 1. The third-order valence-electron chi connectivity index (χ3n) is 3.15. The molecule has 88 valence electrons. The van der Waals surface area contributed by atoms with E-state index in [9.17, 15) is 0 Å². The lowest BCUT2D eigenvalue weighted by molar-refractivity contribution is 0.632. The van der Waals surface area contributed by atoms with Gasteiger partial charge in [0.25, 0.3) is 0 Å². The molecule has 1 aliphatic heterocycles. The molecule has 3 heterocycles. The van der Waals surface area contributed by atoms with E-state index in [2.05, 4.69) is 28.7 Å². The highest BCUT2D eigenvalue weighted by Crippen LogP contribution is 2.29. The lowest BCUT2D eigenvalue weighted by Gasteiger charge is -2.05. The van der Waals surface area contributed by atoms with E-state index >= 15 is 0 Å². The summed E-state index contributed by atoms with van der Waals surface area (Å²) in [5, 5.41) is 6.67. The Morgan fingerprint density at radius 2 is 2.41 bits per heavy atom. The number of hydrogen-bond acceptors (Lipinski definition) is 4. The summed E-state index contributed by atoms with van der Waals surface area (Å²) in [5.74, 6) is 0. The number of aryl methyl sites for hydroxylation is 1. The van der Waals surface area contributed by atoms with Crippen molar-refractivity contribution in [3.8, 4) is 10.7 Å². The van der Waals surface area contributed by atoms with Crippen molar-refractivity contribution in [3.05, 3.63) is 35.0 Å². The van der Waals surface area contributed by atoms with E-state index in [4.69, 9.17) is 4.98 Å². The van der Waals surface area contributed by atoms with E-state index in [1.807, 2.05) is 12.3 Å². The Bertz CT molecular complexity index is 515. The van der Waals surface area contributed by atoms with Crippen molar-refractivity contribution in [2.24, 2.45) is 0 Å². The van der Waals surface area contributed by atoms with Gasteiger partial charge in [0.2, 0.25) is 0 Å². The molecule has 17 heavy (non-hydrogen) atoms. The molecule has 1 unspecified atom stereocenters. The van der Waals surface area contributed by atoms with Crippen LogP contribution in [-0.2, 0) is 0 Å². The average molecular weight is 245 g/mol. The molecule has 0 amide bonds. The van der Waals surface area contributed by atoms with Gasteiger partial charge in [-0.1, -0.05) is 6.07 Å². The number of hydrogen-bond donors (Lipinski definition) is 1. The second-order valence-corrected chi connectivity index (χ2v) is 5.25. The summed E-state index contributed by atoms with van der Waals surface area (Å²) in [4.78, 5) is 9.13. The Morgan fingerprint density at radius 3 is 3.18 bits per heavy atom. The third-order valence-corrected chi connectivity index (χ3v) is 4.02. The highest BCUT2D eigenvalue weighted by Gasteiger charge is 2.19. The van der Waals surface area contributed by atoms with Crippen molar-refractivity contribution < 1.29 is 0 Å². The Labute approximate surface area is 105 Å². The van der Waals surface area contributed by atoms with Crippen molar-refractivity contribution in [1.29, 1.82) is 0 Å². The summed E-state index contributed by atoms with van der Waals surface area (Å²) >= 11 is 1.69. The van der Waals surface area contributed by atoms with Gasteiger partial charge in [-0.05, 0) is 37.9 Å². The molecule has 2 aromatic rings. The molecule has 3 rings (SSSR count). The maximum absolute atomic E-state index is 4.72. The van der Waals surface area contributed by atoms with Crippen molar-refractivity contribution in [1.82, 2.24) is 15.3 Å². The second kappa shape index (κ2) is 4.55. The molecule has 0 saturated carbocycles. The molecule has 0 aromatic carbocycles. The first-order valence-electron chi connectivity index (χ1n) is 5.95. The molecule has 1 aliphatic rings. The molecule has 4 heteroatoms. The highest BCUT2D eigenvalue weighted by molar-refractivity contribution is 7.13. The summed E-state index contributed by atoms with van der Waals surface area (Å²) in [7, 11) is 0. The lowest BCUT2D eigenvalue weighted by Crippen LogP contribution is -2.12. The van der Waals surface area contributed by atoms with Gasteiger partial charge in [-0.15, -0.1) is 11.3 Å². The number of nitrogens with zero attached hydrogens (tertiary/aromatic N) is 2. The average Bonchev–Trinajstić information content (AvgIpc) is 3.00. The summed E-state index contributed by atoms with van der Waals surface area (Å²) in [6.07, 6.45) is 4.28. The predicted octanol–water partition coefficient (Wildman–Crippen LogP) is 2.94. The van der Waals surface area contributed by atoms with Crippen LogP contribution < -0.4 is 5.32 Å². The number of thiazole rings is 1. The zero-order valence-corrected chi connectivity index (χ0v) is 10.6. The topological polar surface area (TPSA) is 37.8 Å². The standard InChI is InChI=1S/C13H15N3S/c1-9-4-2-7-15-12(9)13-16-11(8-17-13)10-5-3-6-14-10/h2,4,7-8,10,14H,3,5-6H2,1H3. The van der Waals surface area contributed by atoms with Gasteiger partial charge in [-0.25, -0.2) is 4.98 Å². The monoisotopic (exact) mass is 245 g/mol. The Hall–Kier alpha value is -1.26. The molecule has 1 fully saturated rings. The van der Waals surface area contributed by atoms with Crippen LogP contribution in [0.15, 0.2) is 23.7 Å². The highest BCUT2D eigenvalue weighted by atomic mass is 32.1. The van der Waals surface area contributed by atoms with E-state index in [0.717, 1.165) is 17.2 Å². The zero-order chi connectivity index (χ0) is 11.7. The maximum atomic E-state index is 4.72. The van der Waals surface area contributed by atoms with Gasteiger partial charge < -0.3 is 5.32 Å². The molecule has 0 radical (unpaired) electrons. The second-order valence-electron chi connectivity index (χ2n) is 4.40. The minimum Gasteiger partial charge on any atom is -0.309 e. The van der Waals surface area contributed by atoms with Gasteiger partial charge >= 0.3 is 0 Å². The molecule has 0 spiro atoms. The van der Waals surface area contributed by atoms with Gasteiger partial charge in [0.05, 0.1) is 11.7 Å². The summed E-state index contributed by atoms with van der Waals surface area (Å²) in [6.45, 7) is 3.19. The predicted molar refractivity (Wildman–Crippen MR) is 70.1 cm³/mol. The molecular formula is C13H15N3S. The van der Waals surface area contributed by atoms with Gasteiger partial charge in [0.15, 0.2) is 0 Å². The van der Waals surface area contributed by atoms with Gasteiger partial charge in [0, 0.05) is 11.6 Å². The first-order chi connectivity index (χ1) is 8.34. The van der Waals surface area contributed by atoms with E-state index in [-0.39, 0.29) is 0 Å². The summed E-state index contributed by atoms with van der Waals surface area (Å²) in [5.41, 5.74) is 3.38. The number of aromatic nitrogens is 2. The van der Waals surface area contributed by atoms with Crippen LogP contribution in [0.4, 0.5) is 0 Å². The van der Waals surface area contributed by atoms with Crippen molar-refractivity contribution >= 4 is 11.3 Å². The minimum atomic E-state index is 0.448. The Kier molecular flexibility index (Phi) is 2.91. The molecule has 1 saturated heterocycles. The molecule has 3 nitrogen and oxygen atoms in total. The molecule has 1 N–H and O–H groups in total. The molecule has 0 aliphatic carbocycles. The number of pyridine rings is 1. The maximum Gasteiger partial charge on any atom is 0.142 e. The van der Waals surface area contributed by atoms with Crippen LogP contribution in [-0.4, -0.2) is 16.5 Å². The minimum absolute atomic E-state index is 0.448. The molecule has 2 aromatic heterocycles. The van der Waals surface area contributed by atoms with Gasteiger partial charge in [0.1, 0.15) is 10.7 Å². The van der Waals surface area contributed by atoms with Crippen LogP contribution in [0.3, 0.4) is 0 Å². The Morgan fingerprint density at radius 1 is 1.47 bits per heavy atom. The van der Waals surface area contributed by atoms with Crippen LogP contribution in [0.25, 0.3) is 10.7 Å². The quantitative estimate of drug-likeness (QED) is 0.884. The van der Waals surface area contributed by atoms with Crippen molar-refractivity contribution in [2.75, 3.05) is 6.54 Å².